The van der Waals surface area contributed by atoms with Crippen LogP contribution in [-0.2, 0) is 5.75 Å². The Labute approximate surface area is 165 Å². The molecule has 0 N–H and O–H groups in total. The molecule has 0 radical (unpaired) electrons. The highest BCUT2D eigenvalue weighted by atomic mass is 79.9. The van der Waals surface area contributed by atoms with Gasteiger partial charge < -0.3 is 9.47 Å². The van der Waals surface area contributed by atoms with E-state index in [1.54, 1.807) is 11.8 Å². The zero-order valence-electron chi connectivity index (χ0n) is 15.2. The summed E-state index contributed by atoms with van der Waals surface area (Å²) in [4.78, 5) is 4.43. The van der Waals surface area contributed by atoms with Crippen molar-refractivity contribution < 1.29 is 9.47 Å². The molecule has 0 atom stereocenters. The van der Waals surface area contributed by atoms with Crippen LogP contribution in [0.4, 0.5) is 0 Å². The molecule has 8 heteroatoms. The van der Waals surface area contributed by atoms with E-state index in [0.29, 0.717) is 19.0 Å². The number of fused-ring (bicyclic) bond motifs is 1. The summed E-state index contributed by atoms with van der Waals surface area (Å²) in [7, 11) is 0. The lowest BCUT2D eigenvalue weighted by molar-refractivity contribution is 0.287. The number of aromatic nitrogens is 4. The molecule has 2 aromatic heterocycles. The number of thioether (sulfide) groups is 1. The third kappa shape index (κ3) is 3.96. The van der Waals surface area contributed by atoms with Crippen LogP contribution in [0.5, 0.6) is 11.5 Å². The molecule has 0 saturated carbocycles. The predicted molar refractivity (Wildman–Crippen MR) is 106 cm³/mol. The summed E-state index contributed by atoms with van der Waals surface area (Å²) >= 11 is 5.25. The Morgan fingerprint density at radius 1 is 1.04 bits per heavy atom. The third-order valence-corrected chi connectivity index (χ3v) is 5.45. The van der Waals surface area contributed by atoms with Gasteiger partial charge in [-0.3, -0.25) is 4.40 Å². The molecular formula is C18H21BrN4O2S. The van der Waals surface area contributed by atoms with Gasteiger partial charge in [0, 0.05) is 21.6 Å². The van der Waals surface area contributed by atoms with Gasteiger partial charge in [0.2, 0.25) is 0 Å². The van der Waals surface area contributed by atoms with Crippen LogP contribution in [0.3, 0.4) is 0 Å². The first kappa shape index (κ1) is 19.0. The van der Waals surface area contributed by atoms with E-state index in [-0.39, 0.29) is 0 Å². The number of hydrogen-bond acceptors (Lipinski definition) is 6. The Morgan fingerprint density at radius 2 is 1.73 bits per heavy atom. The minimum Gasteiger partial charge on any atom is -0.490 e. The maximum atomic E-state index is 5.73. The lowest BCUT2D eigenvalue weighted by atomic mass is 10.2. The highest BCUT2D eigenvalue weighted by Crippen LogP contribution is 2.36. The molecule has 0 saturated heterocycles. The molecule has 0 amide bonds. The Kier molecular flexibility index (Phi) is 6.03. The molecule has 0 spiro atoms. The molecule has 3 aromatic rings. The summed E-state index contributed by atoms with van der Waals surface area (Å²) in [5.74, 6) is 2.86. The summed E-state index contributed by atoms with van der Waals surface area (Å²) < 4.78 is 14.3. The summed E-state index contributed by atoms with van der Waals surface area (Å²) in [6.07, 6.45) is 0. The molecule has 0 aliphatic heterocycles. The predicted octanol–water partition coefficient (Wildman–Crippen LogP) is 4.59. The average molecular weight is 437 g/mol. The largest absolute Gasteiger partial charge is 0.490 e. The molecule has 2 heterocycles. The number of halogens is 1. The molecule has 0 bridgehead atoms. The van der Waals surface area contributed by atoms with Gasteiger partial charge in [0.25, 0.3) is 5.78 Å². The van der Waals surface area contributed by atoms with Crippen LogP contribution in [0.25, 0.3) is 5.78 Å². The molecule has 0 aliphatic rings. The second kappa shape index (κ2) is 8.26. The van der Waals surface area contributed by atoms with E-state index < -0.39 is 0 Å². The van der Waals surface area contributed by atoms with Gasteiger partial charge >= 0.3 is 0 Å². The topological polar surface area (TPSA) is 61.5 Å². The van der Waals surface area contributed by atoms with Crippen molar-refractivity contribution in [2.75, 3.05) is 13.2 Å². The number of rotatable bonds is 7. The van der Waals surface area contributed by atoms with Gasteiger partial charge in [-0.15, -0.1) is 10.2 Å². The van der Waals surface area contributed by atoms with Gasteiger partial charge in [0.05, 0.1) is 13.2 Å². The van der Waals surface area contributed by atoms with E-state index in [1.807, 2.05) is 50.3 Å². The molecule has 0 fully saturated rings. The van der Waals surface area contributed by atoms with E-state index >= 15 is 0 Å². The van der Waals surface area contributed by atoms with Gasteiger partial charge in [-0.1, -0.05) is 27.7 Å². The van der Waals surface area contributed by atoms with Crippen LogP contribution in [0, 0.1) is 13.8 Å². The minimum atomic E-state index is 0.591. The molecule has 3 rings (SSSR count). The van der Waals surface area contributed by atoms with Crippen molar-refractivity contribution in [3.63, 3.8) is 0 Å². The van der Waals surface area contributed by atoms with Crippen molar-refractivity contribution in [2.24, 2.45) is 0 Å². The Bertz CT molecular complexity index is 929. The molecule has 1 aromatic carbocycles. The second-order valence-electron chi connectivity index (χ2n) is 5.70. The zero-order valence-corrected chi connectivity index (χ0v) is 17.6. The summed E-state index contributed by atoms with van der Waals surface area (Å²) in [5.41, 5.74) is 3.12. The SMILES string of the molecule is CCOc1cc(Br)c(CSc2nnc3nc(C)cc(C)n23)cc1OCC. The van der Waals surface area contributed by atoms with E-state index in [0.717, 1.165) is 43.8 Å². The number of aryl methyl sites for hydroxylation is 2. The number of nitrogens with zero attached hydrogens (tertiary/aromatic N) is 4. The Hall–Kier alpha value is -1.80. The normalized spacial score (nSPS) is 11.1. The number of benzene rings is 1. The average Bonchev–Trinajstić information content (AvgIpc) is 2.99. The van der Waals surface area contributed by atoms with E-state index in [4.69, 9.17) is 9.47 Å². The fourth-order valence-corrected chi connectivity index (χ4v) is 4.29. The van der Waals surface area contributed by atoms with Gasteiger partial charge in [0.1, 0.15) is 0 Å². The molecular weight excluding hydrogens is 416 g/mol. The number of hydrogen-bond donors (Lipinski definition) is 0. The lowest BCUT2D eigenvalue weighted by Gasteiger charge is -2.14. The minimum absolute atomic E-state index is 0.591. The van der Waals surface area contributed by atoms with Crippen LogP contribution in [0.15, 0.2) is 27.8 Å². The van der Waals surface area contributed by atoms with E-state index in [2.05, 4.69) is 31.1 Å². The highest BCUT2D eigenvalue weighted by molar-refractivity contribution is 9.10. The summed E-state index contributed by atoms with van der Waals surface area (Å²) in [5, 5.41) is 9.30. The zero-order chi connectivity index (χ0) is 18.7. The molecule has 0 unspecified atom stereocenters. The number of ether oxygens (including phenoxy) is 2. The van der Waals surface area contributed by atoms with Crippen molar-refractivity contribution in [3.05, 3.63) is 39.6 Å². The molecule has 6 nitrogen and oxygen atoms in total. The first-order valence-electron chi connectivity index (χ1n) is 8.43. The summed E-state index contributed by atoms with van der Waals surface area (Å²) in [6, 6.07) is 6.01. The third-order valence-electron chi connectivity index (χ3n) is 3.73. The Morgan fingerprint density at radius 3 is 2.42 bits per heavy atom. The van der Waals surface area contributed by atoms with Crippen molar-refractivity contribution in [2.45, 2.75) is 38.6 Å². The van der Waals surface area contributed by atoms with Gasteiger partial charge in [0.15, 0.2) is 16.7 Å². The monoisotopic (exact) mass is 436 g/mol. The van der Waals surface area contributed by atoms with Crippen LogP contribution < -0.4 is 9.47 Å². The van der Waals surface area contributed by atoms with E-state index in [9.17, 15) is 0 Å². The highest BCUT2D eigenvalue weighted by Gasteiger charge is 2.14. The summed E-state index contributed by atoms with van der Waals surface area (Å²) in [6.45, 7) is 9.11. The molecule has 26 heavy (non-hydrogen) atoms. The second-order valence-corrected chi connectivity index (χ2v) is 7.50. The van der Waals surface area contributed by atoms with Gasteiger partial charge in [-0.2, -0.15) is 0 Å². The fraction of sp³-hybridized carbons (Fsp3) is 0.389. The maximum Gasteiger partial charge on any atom is 0.256 e. The van der Waals surface area contributed by atoms with Crippen LogP contribution in [0.2, 0.25) is 0 Å². The van der Waals surface area contributed by atoms with Crippen molar-refractivity contribution in [1.82, 2.24) is 19.6 Å². The van der Waals surface area contributed by atoms with Gasteiger partial charge in [-0.05, 0) is 51.5 Å². The first-order valence-corrected chi connectivity index (χ1v) is 10.2. The fourth-order valence-electron chi connectivity index (χ4n) is 2.66. The first-order chi connectivity index (χ1) is 12.5. The van der Waals surface area contributed by atoms with Crippen LogP contribution in [-0.4, -0.2) is 32.8 Å². The van der Waals surface area contributed by atoms with Gasteiger partial charge in [-0.25, -0.2) is 4.98 Å². The molecule has 138 valence electrons. The van der Waals surface area contributed by atoms with Crippen molar-refractivity contribution >= 4 is 33.5 Å². The quantitative estimate of drug-likeness (QED) is 0.504. The molecule has 0 aliphatic carbocycles. The van der Waals surface area contributed by atoms with Crippen LogP contribution in [0.1, 0.15) is 30.8 Å². The van der Waals surface area contributed by atoms with E-state index in [1.165, 1.54) is 0 Å². The standard InChI is InChI=1S/C18H21BrN4O2S/c1-5-24-15-8-13(14(19)9-16(15)25-6-2)10-26-18-22-21-17-20-11(3)7-12(4)23(17)18/h7-9H,5-6,10H2,1-4H3. The van der Waals surface area contributed by atoms with Crippen molar-refractivity contribution in [3.8, 4) is 11.5 Å². The van der Waals surface area contributed by atoms with Crippen LogP contribution >= 0.6 is 27.7 Å². The Balaban J connectivity index is 1.87. The smallest absolute Gasteiger partial charge is 0.256 e. The lowest BCUT2D eigenvalue weighted by Crippen LogP contribution is -2.00. The van der Waals surface area contributed by atoms with Crippen molar-refractivity contribution in [1.29, 1.82) is 0 Å². The maximum absolute atomic E-state index is 5.73.